The van der Waals surface area contributed by atoms with Crippen LogP contribution in [0.15, 0.2) is 200 Å². The highest BCUT2D eigenvalue weighted by Crippen LogP contribution is 2.53. The van der Waals surface area contributed by atoms with Crippen LogP contribution < -0.4 is 0 Å². The number of rotatable bonds is 6. The predicted octanol–water partition coefficient (Wildman–Crippen LogP) is 13.1. The Labute approximate surface area is 311 Å². The van der Waals surface area contributed by atoms with E-state index < -0.39 is 5.41 Å². The van der Waals surface area contributed by atoms with Crippen LogP contribution in [0.1, 0.15) is 47.2 Å². The maximum Gasteiger partial charge on any atom is 0.0701 e. The van der Waals surface area contributed by atoms with E-state index in [2.05, 4.69) is 219 Å². The molecule has 0 atom stereocenters. The summed E-state index contributed by atoms with van der Waals surface area (Å²) < 4.78 is 2.38. The molecule has 0 saturated heterocycles. The number of hydrogen-bond acceptors (Lipinski definition) is 0. The second-order valence-corrected chi connectivity index (χ2v) is 14.9. The Hall–Kier alpha value is -6.44. The maximum atomic E-state index is 2.51. The fourth-order valence-electron chi connectivity index (χ4n) is 9.22. The minimum Gasteiger partial charge on any atom is -0.309 e. The van der Waals surface area contributed by atoms with Gasteiger partial charge in [0.1, 0.15) is 0 Å². The van der Waals surface area contributed by atoms with Crippen molar-refractivity contribution in [2.45, 2.75) is 24.7 Å². The fourth-order valence-corrected chi connectivity index (χ4v) is 9.22. The van der Waals surface area contributed by atoms with E-state index in [-0.39, 0.29) is 5.41 Å². The molecule has 1 aliphatic rings. The summed E-state index contributed by atoms with van der Waals surface area (Å²) in [6, 6.07) is 73.9. The van der Waals surface area contributed by atoms with Crippen molar-refractivity contribution in [2.75, 3.05) is 0 Å². The summed E-state index contributed by atoms with van der Waals surface area (Å²) in [6.45, 7) is 4.80. The highest BCUT2D eigenvalue weighted by atomic mass is 15.0. The molecule has 0 bridgehead atoms. The molecule has 1 heterocycles. The Morgan fingerprint density at radius 3 is 1.47 bits per heavy atom. The second kappa shape index (κ2) is 12.1. The van der Waals surface area contributed by atoms with Crippen molar-refractivity contribution in [1.82, 2.24) is 4.57 Å². The average Bonchev–Trinajstić information content (AvgIpc) is 3.67. The van der Waals surface area contributed by atoms with Crippen molar-refractivity contribution >= 4 is 21.8 Å². The first kappa shape index (κ1) is 31.3. The van der Waals surface area contributed by atoms with Gasteiger partial charge in [-0.3, -0.25) is 0 Å². The fraction of sp³-hybridized carbons (Fsp3) is 0.0769. The predicted molar refractivity (Wildman–Crippen MR) is 222 cm³/mol. The van der Waals surface area contributed by atoms with Gasteiger partial charge in [-0.05, 0) is 92.0 Å². The first-order valence-electron chi connectivity index (χ1n) is 18.6. The summed E-state index contributed by atoms with van der Waals surface area (Å²) in [6.07, 6.45) is 0. The van der Waals surface area contributed by atoms with Crippen LogP contribution in [0.4, 0.5) is 0 Å². The third kappa shape index (κ3) is 4.70. The molecule has 0 unspecified atom stereocenters. The molecule has 1 nitrogen and oxygen atoms in total. The molecule has 0 amide bonds. The third-order valence-electron chi connectivity index (χ3n) is 11.7. The molecular weight excluding hydrogens is 639 g/mol. The largest absolute Gasteiger partial charge is 0.309 e. The number of benzene rings is 8. The molecule has 0 fully saturated rings. The molecule has 0 aliphatic heterocycles. The summed E-state index contributed by atoms with van der Waals surface area (Å²) in [5.74, 6) is 0. The maximum absolute atomic E-state index is 2.51. The van der Waals surface area contributed by atoms with Crippen LogP contribution >= 0.6 is 0 Å². The van der Waals surface area contributed by atoms with Crippen molar-refractivity contribution in [3.8, 4) is 27.9 Å². The Balaban J connectivity index is 1.12. The van der Waals surface area contributed by atoms with Gasteiger partial charge in [-0.25, -0.2) is 0 Å². The van der Waals surface area contributed by atoms with Gasteiger partial charge < -0.3 is 4.57 Å². The van der Waals surface area contributed by atoms with Gasteiger partial charge >= 0.3 is 0 Å². The number of hydrogen-bond donors (Lipinski definition) is 0. The lowest BCUT2D eigenvalue weighted by Gasteiger charge is -2.37. The third-order valence-corrected chi connectivity index (χ3v) is 11.7. The van der Waals surface area contributed by atoms with E-state index in [9.17, 15) is 0 Å². The zero-order valence-corrected chi connectivity index (χ0v) is 30.0. The van der Waals surface area contributed by atoms with Crippen molar-refractivity contribution in [3.05, 3.63) is 234 Å². The molecule has 1 aliphatic carbocycles. The molecule has 1 aromatic heterocycles. The van der Waals surface area contributed by atoms with Gasteiger partial charge in [-0.2, -0.15) is 0 Å². The molecule has 1 heteroatoms. The lowest BCUT2D eigenvalue weighted by atomic mass is 9.64. The summed E-state index contributed by atoms with van der Waals surface area (Å²) in [5, 5.41) is 2.54. The standard InChI is InChI=1S/C52H39N/c1-51(2)47-34-37(36-28-32-50-46(33-36)45-25-15-16-26-49(45)53(50)42-23-13-6-14-24-42)27-30-43(47)44-31-29-41(35-48(44)51)52(38-17-7-3-8-18-38,39-19-9-4-10-20-39)40-21-11-5-12-22-40/h3-35H,1-2H3. The molecule has 0 spiro atoms. The van der Waals surface area contributed by atoms with Crippen molar-refractivity contribution < 1.29 is 0 Å². The molecular formula is C52H39N. The second-order valence-electron chi connectivity index (χ2n) is 14.9. The van der Waals surface area contributed by atoms with E-state index in [0.717, 1.165) is 0 Å². The van der Waals surface area contributed by atoms with E-state index in [0.29, 0.717) is 0 Å². The summed E-state index contributed by atoms with van der Waals surface area (Å²) in [5.41, 5.74) is 15.9. The smallest absolute Gasteiger partial charge is 0.0701 e. The zero-order valence-electron chi connectivity index (χ0n) is 30.0. The number of para-hydroxylation sites is 2. The van der Waals surface area contributed by atoms with Crippen LogP contribution in [0, 0.1) is 0 Å². The summed E-state index contributed by atoms with van der Waals surface area (Å²) >= 11 is 0. The van der Waals surface area contributed by atoms with Gasteiger partial charge in [-0.15, -0.1) is 0 Å². The quantitative estimate of drug-likeness (QED) is 0.154. The van der Waals surface area contributed by atoms with E-state index in [4.69, 9.17) is 0 Å². The Morgan fingerprint density at radius 1 is 0.377 bits per heavy atom. The first-order chi connectivity index (χ1) is 26.0. The minimum absolute atomic E-state index is 0.195. The van der Waals surface area contributed by atoms with Gasteiger partial charge in [0.2, 0.25) is 0 Å². The SMILES string of the molecule is CC1(C)c2cc(-c3ccc4c(c3)c3ccccc3n4-c3ccccc3)ccc2-c2ccc(C(c3ccccc3)(c3ccccc3)c3ccccc3)cc21. The van der Waals surface area contributed by atoms with E-state index in [1.165, 1.54) is 83.1 Å². The minimum atomic E-state index is -0.483. The van der Waals surface area contributed by atoms with Crippen LogP contribution in [0.2, 0.25) is 0 Å². The lowest BCUT2D eigenvalue weighted by Crippen LogP contribution is -2.31. The normalized spacial score (nSPS) is 13.2. The molecule has 9 aromatic rings. The zero-order chi connectivity index (χ0) is 35.6. The molecule has 8 aromatic carbocycles. The van der Waals surface area contributed by atoms with Crippen LogP contribution in [-0.2, 0) is 10.8 Å². The first-order valence-corrected chi connectivity index (χ1v) is 18.6. The van der Waals surface area contributed by atoms with E-state index in [1.54, 1.807) is 0 Å². The summed E-state index contributed by atoms with van der Waals surface area (Å²) in [7, 11) is 0. The van der Waals surface area contributed by atoms with Gasteiger partial charge in [-0.1, -0.05) is 178 Å². The van der Waals surface area contributed by atoms with Crippen LogP contribution in [0.3, 0.4) is 0 Å². The van der Waals surface area contributed by atoms with Crippen molar-refractivity contribution in [1.29, 1.82) is 0 Å². The molecule has 0 radical (unpaired) electrons. The van der Waals surface area contributed by atoms with Crippen molar-refractivity contribution in [3.63, 3.8) is 0 Å². The summed E-state index contributed by atoms with van der Waals surface area (Å²) in [4.78, 5) is 0. The molecule has 0 saturated carbocycles. The number of aromatic nitrogens is 1. The molecule has 252 valence electrons. The Kier molecular flexibility index (Phi) is 7.13. The average molecular weight is 678 g/mol. The van der Waals surface area contributed by atoms with Crippen LogP contribution in [0.5, 0.6) is 0 Å². The lowest BCUT2D eigenvalue weighted by molar-refractivity contribution is 0.655. The van der Waals surface area contributed by atoms with Gasteiger partial charge in [0, 0.05) is 21.9 Å². The van der Waals surface area contributed by atoms with E-state index in [1.807, 2.05) is 0 Å². The topological polar surface area (TPSA) is 4.93 Å². The monoisotopic (exact) mass is 677 g/mol. The molecule has 0 N–H and O–H groups in total. The van der Waals surface area contributed by atoms with Crippen LogP contribution in [-0.4, -0.2) is 4.57 Å². The van der Waals surface area contributed by atoms with Crippen LogP contribution in [0.25, 0.3) is 49.7 Å². The Morgan fingerprint density at radius 2 is 0.849 bits per heavy atom. The van der Waals surface area contributed by atoms with Gasteiger partial charge in [0.15, 0.2) is 0 Å². The molecule has 10 rings (SSSR count). The highest BCUT2D eigenvalue weighted by molar-refractivity contribution is 6.10. The highest BCUT2D eigenvalue weighted by Gasteiger charge is 2.42. The van der Waals surface area contributed by atoms with Gasteiger partial charge in [0.05, 0.1) is 16.4 Å². The molecule has 53 heavy (non-hydrogen) atoms. The number of fused-ring (bicyclic) bond motifs is 6. The van der Waals surface area contributed by atoms with E-state index >= 15 is 0 Å². The van der Waals surface area contributed by atoms with Gasteiger partial charge in [0.25, 0.3) is 0 Å². The Bertz CT molecular complexity index is 2680. The number of nitrogens with zero attached hydrogens (tertiary/aromatic N) is 1. The van der Waals surface area contributed by atoms with Crippen molar-refractivity contribution in [2.24, 2.45) is 0 Å².